The van der Waals surface area contributed by atoms with E-state index in [9.17, 15) is 4.79 Å². The smallest absolute Gasteiger partial charge is 0.254 e. The average molecular weight is 302 g/mol. The zero-order chi connectivity index (χ0) is 14.7. The second kappa shape index (κ2) is 6.29. The molecule has 2 aromatic carbocycles. The Kier molecular flexibility index (Phi) is 4.23. The molecule has 1 fully saturated rings. The summed E-state index contributed by atoms with van der Waals surface area (Å²) in [7, 11) is 0. The zero-order valence-electron chi connectivity index (χ0n) is 11.5. The second-order valence-corrected chi connectivity index (χ2v) is 5.46. The Morgan fingerprint density at radius 2 is 1.81 bits per heavy atom. The molecule has 21 heavy (non-hydrogen) atoms. The predicted octanol–water partition coefficient (Wildman–Crippen LogP) is 3.55. The third kappa shape index (κ3) is 3.26. The van der Waals surface area contributed by atoms with Gasteiger partial charge >= 0.3 is 0 Å². The fourth-order valence-corrected chi connectivity index (χ4v) is 2.60. The lowest BCUT2D eigenvalue weighted by atomic mass is 10.1. The molecule has 3 rings (SSSR count). The standard InChI is InChI=1S/C17H16ClNO2/c18-15-8-6-13(7-9-15)16-12-19(10-11-21-16)17(20)14-4-2-1-3-5-14/h1-9,16H,10-12H2. The van der Waals surface area contributed by atoms with Crippen molar-refractivity contribution in [3.8, 4) is 0 Å². The van der Waals surface area contributed by atoms with Crippen LogP contribution in [0.1, 0.15) is 22.0 Å². The van der Waals surface area contributed by atoms with Crippen molar-refractivity contribution < 1.29 is 9.53 Å². The first kappa shape index (κ1) is 14.1. The van der Waals surface area contributed by atoms with Crippen LogP contribution in [-0.2, 0) is 4.74 Å². The number of carbonyl (C=O) groups is 1. The van der Waals surface area contributed by atoms with Crippen LogP contribution in [0.5, 0.6) is 0 Å². The summed E-state index contributed by atoms with van der Waals surface area (Å²) < 4.78 is 5.78. The molecule has 0 saturated carbocycles. The summed E-state index contributed by atoms with van der Waals surface area (Å²) in [4.78, 5) is 14.3. The van der Waals surface area contributed by atoms with Gasteiger partial charge in [-0.25, -0.2) is 0 Å². The largest absolute Gasteiger partial charge is 0.370 e. The van der Waals surface area contributed by atoms with Crippen molar-refractivity contribution in [2.24, 2.45) is 0 Å². The summed E-state index contributed by atoms with van der Waals surface area (Å²) in [6.07, 6.45) is -0.0938. The summed E-state index contributed by atoms with van der Waals surface area (Å²) in [6, 6.07) is 16.9. The Morgan fingerprint density at radius 1 is 1.10 bits per heavy atom. The van der Waals surface area contributed by atoms with E-state index in [1.54, 1.807) is 0 Å². The SMILES string of the molecule is O=C(c1ccccc1)N1CCOC(c2ccc(Cl)cc2)C1. The van der Waals surface area contributed by atoms with E-state index in [1.165, 1.54) is 0 Å². The lowest BCUT2D eigenvalue weighted by Gasteiger charge is -2.33. The summed E-state index contributed by atoms with van der Waals surface area (Å²) in [5, 5.41) is 0.701. The lowest BCUT2D eigenvalue weighted by Crippen LogP contribution is -2.42. The maximum absolute atomic E-state index is 12.5. The summed E-state index contributed by atoms with van der Waals surface area (Å²) in [5.41, 5.74) is 1.76. The van der Waals surface area contributed by atoms with E-state index in [0.29, 0.717) is 30.3 Å². The monoisotopic (exact) mass is 301 g/mol. The highest BCUT2D eigenvalue weighted by molar-refractivity contribution is 6.30. The Bertz CT molecular complexity index is 612. The van der Waals surface area contributed by atoms with E-state index in [4.69, 9.17) is 16.3 Å². The van der Waals surface area contributed by atoms with Crippen molar-refractivity contribution in [1.82, 2.24) is 4.90 Å². The molecule has 2 aromatic rings. The molecule has 0 radical (unpaired) electrons. The molecule has 1 heterocycles. The van der Waals surface area contributed by atoms with Gasteiger partial charge in [-0.3, -0.25) is 4.79 Å². The molecular formula is C17H16ClNO2. The predicted molar refractivity (Wildman–Crippen MR) is 82.5 cm³/mol. The molecule has 3 nitrogen and oxygen atoms in total. The Morgan fingerprint density at radius 3 is 2.52 bits per heavy atom. The van der Waals surface area contributed by atoms with E-state index < -0.39 is 0 Å². The van der Waals surface area contributed by atoms with Gasteiger partial charge in [-0.15, -0.1) is 0 Å². The molecule has 0 aliphatic carbocycles. The molecule has 1 aliphatic heterocycles. The lowest BCUT2D eigenvalue weighted by molar-refractivity contribution is -0.0228. The van der Waals surface area contributed by atoms with Gasteiger partial charge in [0.05, 0.1) is 13.2 Å². The van der Waals surface area contributed by atoms with Crippen LogP contribution in [0, 0.1) is 0 Å². The maximum Gasteiger partial charge on any atom is 0.254 e. The van der Waals surface area contributed by atoms with Crippen molar-refractivity contribution in [3.05, 3.63) is 70.7 Å². The quantitative estimate of drug-likeness (QED) is 0.849. The highest BCUT2D eigenvalue weighted by atomic mass is 35.5. The van der Waals surface area contributed by atoms with Crippen LogP contribution >= 0.6 is 11.6 Å². The van der Waals surface area contributed by atoms with Gasteiger partial charge in [0.15, 0.2) is 0 Å². The van der Waals surface area contributed by atoms with Gasteiger partial charge in [0.2, 0.25) is 0 Å². The van der Waals surface area contributed by atoms with E-state index in [2.05, 4.69) is 0 Å². The fraction of sp³-hybridized carbons (Fsp3) is 0.235. The van der Waals surface area contributed by atoms with Gasteiger partial charge in [-0.1, -0.05) is 41.9 Å². The molecule has 1 unspecified atom stereocenters. The van der Waals surface area contributed by atoms with Gasteiger partial charge < -0.3 is 9.64 Å². The number of hydrogen-bond donors (Lipinski definition) is 0. The van der Waals surface area contributed by atoms with Gasteiger partial charge in [0.1, 0.15) is 6.10 Å². The molecule has 0 aromatic heterocycles. The van der Waals surface area contributed by atoms with Crippen molar-refractivity contribution in [2.75, 3.05) is 19.7 Å². The number of rotatable bonds is 2. The molecule has 1 aliphatic rings. The summed E-state index contributed by atoms with van der Waals surface area (Å²) in [6.45, 7) is 1.74. The molecular weight excluding hydrogens is 286 g/mol. The number of amides is 1. The number of benzene rings is 2. The number of ether oxygens (including phenoxy) is 1. The van der Waals surface area contributed by atoms with Crippen LogP contribution in [-0.4, -0.2) is 30.5 Å². The van der Waals surface area contributed by atoms with Gasteiger partial charge in [0.25, 0.3) is 5.91 Å². The van der Waals surface area contributed by atoms with Gasteiger partial charge in [0, 0.05) is 17.1 Å². The molecule has 0 N–H and O–H groups in total. The Balaban J connectivity index is 1.74. The first-order chi connectivity index (χ1) is 10.2. The van der Waals surface area contributed by atoms with E-state index in [-0.39, 0.29) is 12.0 Å². The molecule has 108 valence electrons. The van der Waals surface area contributed by atoms with E-state index in [0.717, 1.165) is 5.56 Å². The van der Waals surface area contributed by atoms with Crippen LogP contribution in [0.2, 0.25) is 5.02 Å². The summed E-state index contributed by atoms with van der Waals surface area (Å²) >= 11 is 5.90. The van der Waals surface area contributed by atoms with E-state index in [1.807, 2.05) is 59.5 Å². The number of nitrogens with zero attached hydrogens (tertiary/aromatic N) is 1. The molecule has 1 saturated heterocycles. The van der Waals surface area contributed by atoms with Crippen molar-refractivity contribution >= 4 is 17.5 Å². The highest BCUT2D eigenvalue weighted by Crippen LogP contribution is 2.24. The second-order valence-electron chi connectivity index (χ2n) is 5.03. The maximum atomic E-state index is 12.5. The third-order valence-electron chi connectivity index (χ3n) is 3.62. The van der Waals surface area contributed by atoms with Crippen LogP contribution in [0.25, 0.3) is 0 Å². The first-order valence-corrected chi connectivity index (χ1v) is 7.33. The van der Waals surface area contributed by atoms with Crippen LogP contribution < -0.4 is 0 Å². The van der Waals surface area contributed by atoms with Crippen molar-refractivity contribution in [1.29, 1.82) is 0 Å². The van der Waals surface area contributed by atoms with Crippen molar-refractivity contribution in [3.63, 3.8) is 0 Å². The fourth-order valence-electron chi connectivity index (χ4n) is 2.48. The van der Waals surface area contributed by atoms with Gasteiger partial charge in [-0.2, -0.15) is 0 Å². The number of morpholine rings is 1. The van der Waals surface area contributed by atoms with E-state index >= 15 is 0 Å². The normalized spacial score (nSPS) is 18.5. The average Bonchev–Trinajstić information content (AvgIpc) is 2.56. The molecule has 1 amide bonds. The molecule has 4 heteroatoms. The number of carbonyl (C=O) groups excluding carboxylic acids is 1. The zero-order valence-corrected chi connectivity index (χ0v) is 12.3. The topological polar surface area (TPSA) is 29.5 Å². The third-order valence-corrected chi connectivity index (χ3v) is 3.87. The minimum atomic E-state index is -0.0938. The summed E-state index contributed by atoms with van der Waals surface area (Å²) in [5.74, 6) is 0.0536. The number of halogens is 1. The minimum absolute atomic E-state index is 0.0536. The minimum Gasteiger partial charge on any atom is -0.370 e. The van der Waals surface area contributed by atoms with Gasteiger partial charge in [-0.05, 0) is 29.8 Å². The molecule has 0 spiro atoms. The first-order valence-electron chi connectivity index (χ1n) is 6.95. The highest BCUT2D eigenvalue weighted by Gasteiger charge is 2.25. The Hall–Kier alpha value is -1.84. The number of hydrogen-bond acceptors (Lipinski definition) is 2. The Labute approximate surface area is 129 Å². The molecule has 1 atom stereocenters. The van der Waals surface area contributed by atoms with Crippen LogP contribution in [0.3, 0.4) is 0 Å². The van der Waals surface area contributed by atoms with Crippen molar-refractivity contribution in [2.45, 2.75) is 6.10 Å². The van der Waals surface area contributed by atoms with Crippen LogP contribution in [0.15, 0.2) is 54.6 Å². The van der Waals surface area contributed by atoms with Crippen LogP contribution in [0.4, 0.5) is 0 Å². The molecule has 0 bridgehead atoms.